The van der Waals surface area contributed by atoms with Gasteiger partial charge in [0.1, 0.15) is 16.3 Å². The fourth-order valence-electron chi connectivity index (χ4n) is 4.83. The first kappa shape index (κ1) is 26.0. The summed E-state index contributed by atoms with van der Waals surface area (Å²) in [4.78, 5) is 13.5. The molecule has 0 saturated heterocycles. The number of aliphatic carboxylic acids is 1. The van der Waals surface area contributed by atoms with Gasteiger partial charge in [0, 0.05) is 25.1 Å². The van der Waals surface area contributed by atoms with Gasteiger partial charge in [-0.05, 0) is 88.1 Å². The Morgan fingerprint density at radius 3 is 2.50 bits per heavy atom. The number of fused-ring (bicyclic) bond motifs is 2. The van der Waals surface area contributed by atoms with Crippen molar-refractivity contribution >= 4 is 21.9 Å². The lowest BCUT2D eigenvalue weighted by atomic mass is 9.89. The SMILES string of the molecule is CC(=O)O.Cc1cc(C(F)(F)F)cc(C)c1-c1cccc2c1CCC2Oc1ncc2c(c1Br)OCC2. The van der Waals surface area contributed by atoms with Gasteiger partial charge in [0.2, 0.25) is 5.88 Å². The van der Waals surface area contributed by atoms with Gasteiger partial charge in [-0.2, -0.15) is 13.2 Å². The number of carboxylic acids is 1. The van der Waals surface area contributed by atoms with Crippen LogP contribution in [0.4, 0.5) is 13.2 Å². The van der Waals surface area contributed by atoms with Crippen molar-refractivity contribution in [3.05, 3.63) is 74.4 Å². The van der Waals surface area contributed by atoms with E-state index in [4.69, 9.17) is 19.4 Å². The van der Waals surface area contributed by atoms with Crippen LogP contribution in [0.15, 0.2) is 41.0 Å². The Morgan fingerprint density at radius 1 is 1.19 bits per heavy atom. The number of pyridine rings is 1. The summed E-state index contributed by atoms with van der Waals surface area (Å²) < 4.78 is 52.4. The van der Waals surface area contributed by atoms with E-state index in [1.54, 1.807) is 20.0 Å². The molecule has 5 rings (SSSR count). The van der Waals surface area contributed by atoms with Gasteiger partial charge in [-0.1, -0.05) is 18.2 Å². The molecule has 3 aromatic rings. The lowest BCUT2D eigenvalue weighted by Crippen LogP contribution is -2.07. The predicted octanol–water partition coefficient (Wildman–Crippen LogP) is 7.24. The van der Waals surface area contributed by atoms with E-state index in [-0.39, 0.29) is 6.10 Å². The Morgan fingerprint density at radius 2 is 1.86 bits per heavy atom. The lowest BCUT2D eigenvalue weighted by Gasteiger charge is -2.19. The summed E-state index contributed by atoms with van der Waals surface area (Å²) in [5, 5.41) is 7.42. The Hall–Kier alpha value is -3.07. The second kappa shape index (κ2) is 10.1. The summed E-state index contributed by atoms with van der Waals surface area (Å²) in [5.74, 6) is 0.453. The number of ether oxygens (including phenoxy) is 2. The summed E-state index contributed by atoms with van der Waals surface area (Å²) in [7, 11) is 0. The maximum absolute atomic E-state index is 13.2. The van der Waals surface area contributed by atoms with Crippen molar-refractivity contribution in [3.8, 4) is 22.8 Å². The van der Waals surface area contributed by atoms with Crippen LogP contribution in [-0.2, 0) is 23.8 Å². The van der Waals surface area contributed by atoms with E-state index >= 15 is 0 Å². The topological polar surface area (TPSA) is 68.7 Å². The highest BCUT2D eigenvalue weighted by Gasteiger charge is 2.33. The van der Waals surface area contributed by atoms with Crippen molar-refractivity contribution < 1.29 is 32.5 Å². The molecule has 9 heteroatoms. The molecule has 2 aliphatic rings. The highest BCUT2D eigenvalue weighted by Crippen LogP contribution is 2.45. The summed E-state index contributed by atoms with van der Waals surface area (Å²) in [6, 6.07) is 8.43. The minimum atomic E-state index is -4.36. The van der Waals surface area contributed by atoms with E-state index in [2.05, 4.69) is 20.9 Å². The molecular weight excluding hydrogens is 539 g/mol. The van der Waals surface area contributed by atoms with Gasteiger partial charge in [-0.15, -0.1) is 0 Å². The van der Waals surface area contributed by atoms with E-state index in [1.807, 2.05) is 18.2 Å². The molecule has 1 aromatic heterocycles. The number of halogens is 4. The molecule has 1 aliphatic heterocycles. The van der Waals surface area contributed by atoms with Crippen molar-refractivity contribution in [1.82, 2.24) is 4.98 Å². The lowest BCUT2D eigenvalue weighted by molar-refractivity contribution is -0.137. The number of rotatable bonds is 3. The Bertz CT molecular complexity index is 1300. The largest absolute Gasteiger partial charge is 0.491 e. The molecule has 190 valence electrons. The standard InChI is InChI=1S/C25H21BrF3NO2.C2H4O2/c1-13-10-16(25(27,28)29)11-14(2)21(13)19-5-3-4-18-17(19)6-7-20(18)32-24-22(26)23-15(12-30-24)8-9-31-23;1-2(3)4/h3-5,10-12,20H,6-9H2,1-2H3;1H3,(H,3,4). The van der Waals surface area contributed by atoms with Crippen molar-refractivity contribution in [3.63, 3.8) is 0 Å². The number of hydrogen-bond acceptors (Lipinski definition) is 4. The fourth-order valence-corrected chi connectivity index (χ4v) is 5.39. The van der Waals surface area contributed by atoms with E-state index in [1.165, 1.54) is 12.1 Å². The molecule has 36 heavy (non-hydrogen) atoms. The van der Waals surface area contributed by atoms with Crippen LogP contribution in [0.3, 0.4) is 0 Å². The molecule has 1 N–H and O–H groups in total. The smallest absolute Gasteiger partial charge is 0.416 e. The number of aromatic nitrogens is 1. The maximum Gasteiger partial charge on any atom is 0.416 e. The van der Waals surface area contributed by atoms with Crippen LogP contribution in [-0.4, -0.2) is 22.7 Å². The normalized spacial score (nSPS) is 15.9. The number of hydrogen-bond donors (Lipinski definition) is 1. The van der Waals surface area contributed by atoms with Gasteiger partial charge < -0.3 is 14.6 Å². The minimum Gasteiger partial charge on any atom is -0.491 e. The maximum atomic E-state index is 13.2. The second-order valence-corrected chi connectivity index (χ2v) is 9.64. The number of nitrogens with zero attached hydrogens (tertiary/aromatic N) is 1. The van der Waals surface area contributed by atoms with Crippen LogP contribution >= 0.6 is 15.9 Å². The van der Waals surface area contributed by atoms with Gasteiger partial charge in [-0.25, -0.2) is 4.98 Å². The van der Waals surface area contributed by atoms with Crippen LogP contribution in [0.1, 0.15) is 52.8 Å². The number of benzene rings is 2. The monoisotopic (exact) mass is 563 g/mol. The van der Waals surface area contributed by atoms with Crippen molar-refractivity contribution in [2.45, 2.75) is 52.3 Å². The quantitative estimate of drug-likeness (QED) is 0.363. The van der Waals surface area contributed by atoms with Crippen molar-refractivity contribution in [2.75, 3.05) is 6.61 Å². The minimum absolute atomic E-state index is 0.178. The van der Waals surface area contributed by atoms with Crippen LogP contribution in [0.25, 0.3) is 11.1 Å². The molecule has 0 bridgehead atoms. The molecule has 0 amide bonds. The van der Waals surface area contributed by atoms with Crippen LogP contribution in [0.5, 0.6) is 11.6 Å². The molecule has 0 radical (unpaired) electrons. The summed E-state index contributed by atoms with van der Waals surface area (Å²) in [6.07, 6.45) is -0.340. The summed E-state index contributed by atoms with van der Waals surface area (Å²) in [5.41, 5.74) is 5.70. The first-order valence-electron chi connectivity index (χ1n) is 11.4. The molecule has 1 atom stereocenters. The number of alkyl halides is 3. The van der Waals surface area contributed by atoms with Gasteiger partial charge in [0.15, 0.2) is 0 Å². The van der Waals surface area contributed by atoms with Crippen molar-refractivity contribution in [1.29, 1.82) is 0 Å². The van der Waals surface area contributed by atoms with E-state index < -0.39 is 17.7 Å². The van der Waals surface area contributed by atoms with Gasteiger partial charge in [-0.3, -0.25) is 4.79 Å². The predicted molar refractivity (Wildman–Crippen MR) is 132 cm³/mol. The van der Waals surface area contributed by atoms with E-state index in [0.29, 0.717) is 23.6 Å². The first-order chi connectivity index (χ1) is 17.0. The molecule has 5 nitrogen and oxygen atoms in total. The molecule has 0 saturated carbocycles. The second-order valence-electron chi connectivity index (χ2n) is 8.85. The highest BCUT2D eigenvalue weighted by atomic mass is 79.9. The fraction of sp³-hybridized carbons (Fsp3) is 0.333. The zero-order valence-electron chi connectivity index (χ0n) is 20.0. The molecule has 0 fully saturated rings. The molecule has 0 spiro atoms. The van der Waals surface area contributed by atoms with Crippen molar-refractivity contribution in [2.24, 2.45) is 0 Å². The molecule has 1 aliphatic carbocycles. The third kappa shape index (κ3) is 5.21. The third-order valence-electron chi connectivity index (χ3n) is 6.23. The first-order valence-corrected chi connectivity index (χ1v) is 12.2. The average Bonchev–Trinajstić information content (AvgIpc) is 3.42. The zero-order valence-corrected chi connectivity index (χ0v) is 21.6. The van der Waals surface area contributed by atoms with Crippen LogP contribution < -0.4 is 9.47 Å². The number of carboxylic acid groups (broad SMARTS) is 1. The average molecular weight is 564 g/mol. The van der Waals surface area contributed by atoms with E-state index in [0.717, 1.165) is 64.2 Å². The third-order valence-corrected chi connectivity index (χ3v) is 6.93. The summed E-state index contributed by atoms with van der Waals surface area (Å²) >= 11 is 3.57. The van der Waals surface area contributed by atoms with Gasteiger partial charge >= 0.3 is 6.18 Å². The Kier molecular flexibility index (Phi) is 7.31. The van der Waals surface area contributed by atoms with Crippen LogP contribution in [0, 0.1) is 13.8 Å². The van der Waals surface area contributed by atoms with Crippen LogP contribution in [0.2, 0.25) is 0 Å². The Balaban J connectivity index is 0.000000709. The molecule has 2 aromatic carbocycles. The van der Waals surface area contributed by atoms with Gasteiger partial charge in [0.05, 0.1) is 12.2 Å². The van der Waals surface area contributed by atoms with E-state index in [9.17, 15) is 13.2 Å². The highest BCUT2D eigenvalue weighted by molar-refractivity contribution is 9.10. The molecular formula is C27H25BrF3NO4. The summed E-state index contributed by atoms with van der Waals surface area (Å²) in [6.45, 7) is 5.21. The van der Waals surface area contributed by atoms with Gasteiger partial charge in [0.25, 0.3) is 5.97 Å². The number of carbonyl (C=O) groups is 1. The molecule has 2 heterocycles. The number of aryl methyl sites for hydroxylation is 2. The Labute approximate surface area is 215 Å². The molecule has 1 unspecified atom stereocenters. The zero-order chi connectivity index (χ0) is 26.2.